The molecule has 4 nitrogen and oxygen atoms in total. The molecule has 1 aliphatic rings. The van der Waals surface area contributed by atoms with Crippen molar-refractivity contribution in [3.63, 3.8) is 0 Å². The van der Waals surface area contributed by atoms with Gasteiger partial charge in [-0.3, -0.25) is 9.89 Å². The van der Waals surface area contributed by atoms with Crippen LogP contribution in [0.3, 0.4) is 0 Å². The van der Waals surface area contributed by atoms with E-state index >= 15 is 0 Å². The number of hydrogen-bond acceptors (Lipinski definition) is 4. The summed E-state index contributed by atoms with van der Waals surface area (Å²) < 4.78 is 0. The van der Waals surface area contributed by atoms with Gasteiger partial charge >= 0.3 is 0 Å². The highest BCUT2D eigenvalue weighted by atomic mass is 15.2. The van der Waals surface area contributed by atoms with Crippen molar-refractivity contribution in [2.45, 2.75) is 39.8 Å². The van der Waals surface area contributed by atoms with E-state index in [-0.39, 0.29) is 0 Å². The summed E-state index contributed by atoms with van der Waals surface area (Å²) in [7, 11) is 0. The molecule has 1 rings (SSSR count). The topological polar surface area (TPSA) is 39.7 Å². The highest BCUT2D eigenvalue weighted by Crippen LogP contribution is 1.97. The Morgan fingerprint density at radius 1 is 1.53 bits per heavy atom. The molecule has 4 heteroatoms. The van der Waals surface area contributed by atoms with Crippen molar-refractivity contribution in [1.82, 2.24) is 15.5 Å². The molecule has 0 amide bonds. The first kappa shape index (κ1) is 12.3. The van der Waals surface area contributed by atoms with Gasteiger partial charge in [-0.2, -0.15) is 0 Å². The summed E-state index contributed by atoms with van der Waals surface area (Å²) in [6.45, 7) is 12.9. The van der Waals surface area contributed by atoms with E-state index in [1.807, 2.05) is 0 Å². The molecule has 0 saturated carbocycles. The maximum absolute atomic E-state index is 4.38. The smallest absolute Gasteiger partial charge is 0.191 e. The standard InChI is InChI=1S/C11H24N4/c1-5-15(6-2)10(4)8-13-11-12-7-9(3)14-11/h9-10H,5-8H2,1-4H3,(H2,12,13,14). The summed E-state index contributed by atoms with van der Waals surface area (Å²) in [4.78, 5) is 6.81. The summed E-state index contributed by atoms with van der Waals surface area (Å²) in [5.74, 6) is 0.960. The van der Waals surface area contributed by atoms with E-state index in [1.54, 1.807) is 0 Å². The van der Waals surface area contributed by atoms with Gasteiger partial charge in [-0.1, -0.05) is 13.8 Å². The van der Waals surface area contributed by atoms with E-state index in [0.717, 1.165) is 32.1 Å². The summed E-state index contributed by atoms with van der Waals surface area (Å²) in [6, 6.07) is 1.04. The minimum atomic E-state index is 0.483. The zero-order valence-electron chi connectivity index (χ0n) is 10.4. The highest BCUT2D eigenvalue weighted by molar-refractivity contribution is 5.81. The van der Waals surface area contributed by atoms with Crippen LogP contribution in [-0.2, 0) is 0 Å². The minimum Gasteiger partial charge on any atom is -0.355 e. The van der Waals surface area contributed by atoms with Gasteiger partial charge < -0.3 is 10.6 Å². The zero-order chi connectivity index (χ0) is 11.3. The van der Waals surface area contributed by atoms with E-state index in [4.69, 9.17) is 0 Å². The number of rotatable bonds is 5. The first-order valence-electron chi connectivity index (χ1n) is 5.96. The Kier molecular flexibility index (Phi) is 4.88. The average Bonchev–Trinajstić information content (AvgIpc) is 2.63. The lowest BCUT2D eigenvalue weighted by Gasteiger charge is -2.26. The molecule has 0 radical (unpaired) electrons. The van der Waals surface area contributed by atoms with Crippen LogP contribution in [0.25, 0.3) is 0 Å². The lowest BCUT2D eigenvalue weighted by molar-refractivity contribution is 0.231. The zero-order valence-corrected chi connectivity index (χ0v) is 10.4. The van der Waals surface area contributed by atoms with Gasteiger partial charge in [0.1, 0.15) is 0 Å². The molecule has 1 heterocycles. The number of hydrogen-bond donors (Lipinski definition) is 2. The summed E-state index contributed by atoms with van der Waals surface area (Å²) in [6.07, 6.45) is 0. The number of likely N-dealkylation sites (N-methyl/N-ethyl adjacent to an activating group) is 1. The Morgan fingerprint density at radius 3 is 2.67 bits per heavy atom. The van der Waals surface area contributed by atoms with E-state index in [9.17, 15) is 0 Å². The third kappa shape index (κ3) is 3.70. The third-order valence-electron chi connectivity index (χ3n) is 2.91. The SMILES string of the molecule is CCN(CC)C(C)CNC1=NCC(C)N1. The molecule has 0 bridgehead atoms. The Morgan fingerprint density at radius 2 is 2.20 bits per heavy atom. The van der Waals surface area contributed by atoms with E-state index in [1.165, 1.54) is 0 Å². The lowest BCUT2D eigenvalue weighted by atomic mass is 10.3. The lowest BCUT2D eigenvalue weighted by Crippen LogP contribution is -2.45. The second kappa shape index (κ2) is 5.95. The van der Waals surface area contributed by atoms with Crippen LogP contribution in [0, 0.1) is 0 Å². The predicted molar refractivity (Wildman–Crippen MR) is 65.3 cm³/mol. The van der Waals surface area contributed by atoms with Gasteiger partial charge in [-0.15, -0.1) is 0 Å². The maximum Gasteiger partial charge on any atom is 0.191 e. The normalized spacial score (nSPS) is 22.5. The minimum absolute atomic E-state index is 0.483. The van der Waals surface area contributed by atoms with Crippen molar-refractivity contribution in [3.05, 3.63) is 0 Å². The average molecular weight is 212 g/mol. The van der Waals surface area contributed by atoms with Crippen LogP contribution in [0.1, 0.15) is 27.7 Å². The second-order valence-corrected chi connectivity index (χ2v) is 4.19. The van der Waals surface area contributed by atoms with Crippen LogP contribution in [0.5, 0.6) is 0 Å². The van der Waals surface area contributed by atoms with Gasteiger partial charge in [0.2, 0.25) is 0 Å². The number of aliphatic imine (C=N–C) groups is 1. The van der Waals surface area contributed by atoms with Crippen LogP contribution in [0.2, 0.25) is 0 Å². The van der Waals surface area contributed by atoms with Gasteiger partial charge in [0, 0.05) is 18.6 Å². The highest BCUT2D eigenvalue weighted by Gasteiger charge is 2.14. The van der Waals surface area contributed by atoms with Gasteiger partial charge in [0.15, 0.2) is 5.96 Å². The molecule has 2 unspecified atom stereocenters. The molecule has 0 aromatic heterocycles. The molecule has 0 aliphatic carbocycles. The number of guanidine groups is 1. The fourth-order valence-electron chi connectivity index (χ4n) is 1.88. The fraction of sp³-hybridized carbons (Fsp3) is 0.909. The van der Waals surface area contributed by atoms with Crippen LogP contribution in [-0.4, -0.2) is 49.1 Å². The quantitative estimate of drug-likeness (QED) is 0.703. The molecule has 1 aliphatic heterocycles. The second-order valence-electron chi connectivity index (χ2n) is 4.19. The molecule has 2 N–H and O–H groups in total. The van der Waals surface area contributed by atoms with Crippen LogP contribution in [0.4, 0.5) is 0 Å². The molecule has 15 heavy (non-hydrogen) atoms. The first-order valence-corrected chi connectivity index (χ1v) is 5.96. The third-order valence-corrected chi connectivity index (χ3v) is 2.91. The van der Waals surface area contributed by atoms with Crippen LogP contribution < -0.4 is 10.6 Å². The molecular weight excluding hydrogens is 188 g/mol. The first-order chi connectivity index (χ1) is 7.17. The molecule has 0 aromatic rings. The number of nitrogens with one attached hydrogen (secondary N) is 2. The Bertz CT molecular complexity index is 211. The fourth-order valence-corrected chi connectivity index (χ4v) is 1.88. The largest absolute Gasteiger partial charge is 0.355 e. The van der Waals surface area contributed by atoms with Crippen LogP contribution >= 0.6 is 0 Å². The molecule has 0 aromatic carbocycles. The summed E-state index contributed by atoms with van der Waals surface area (Å²) >= 11 is 0. The monoisotopic (exact) mass is 212 g/mol. The Labute approximate surface area is 93.1 Å². The Balaban J connectivity index is 2.24. The van der Waals surface area contributed by atoms with Crippen molar-refractivity contribution >= 4 is 5.96 Å². The van der Waals surface area contributed by atoms with E-state index < -0.39 is 0 Å². The molecule has 2 atom stereocenters. The maximum atomic E-state index is 4.38. The van der Waals surface area contributed by atoms with Crippen LogP contribution in [0.15, 0.2) is 4.99 Å². The molecule has 88 valence electrons. The van der Waals surface area contributed by atoms with Crippen molar-refractivity contribution in [1.29, 1.82) is 0 Å². The molecule has 0 spiro atoms. The van der Waals surface area contributed by atoms with Crippen molar-refractivity contribution in [2.75, 3.05) is 26.2 Å². The van der Waals surface area contributed by atoms with E-state index in [0.29, 0.717) is 12.1 Å². The molecular formula is C11H24N4. The van der Waals surface area contributed by atoms with Crippen molar-refractivity contribution in [2.24, 2.45) is 4.99 Å². The van der Waals surface area contributed by atoms with Gasteiger partial charge in [0.25, 0.3) is 0 Å². The van der Waals surface area contributed by atoms with Crippen molar-refractivity contribution in [3.8, 4) is 0 Å². The van der Waals surface area contributed by atoms with E-state index in [2.05, 4.69) is 48.2 Å². The molecule has 0 fully saturated rings. The van der Waals surface area contributed by atoms with Gasteiger partial charge in [-0.25, -0.2) is 0 Å². The van der Waals surface area contributed by atoms with Gasteiger partial charge in [0.05, 0.1) is 6.54 Å². The molecule has 0 saturated heterocycles. The Hall–Kier alpha value is -0.770. The summed E-state index contributed by atoms with van der Waals surface area (Å²) in [5, 5.41) is 6.66. The summed E-state index contributed by atoms with van der Waals surface area (Å²) in [5.41, 5.74) is 0. The van der Waals surface area contributed by atoms with Gasteiger partial charge in [-0.05, 0) is 26.9 Å². The van der Waals surface area contributed by atoms with Crippen molar-refractivity contribution < 1.29 is 0 Å². The number of nitrogens with zero attached hydrogens (tertiary/aromatic N) is 2. The predicted octanol–water partition coefficient (Wildman–Crippen LogP) is 0.654.